The maximum Gasteiger partial charge on any atom is 0.405 e. The Balaban J connectivity index is 1.46. The highest BCUT2D eigenvalue weighted by Gasteiger charge is 2.80. The molecule has 1 aliphatic heterocycles. The number of amides is 1. The summed E-state index contributed by atoms with van der Waals surface area (Å²) in [6.45, 7) is 4.97. The van der Waals surface area contributed by atoms with Crippen molar-refractivity contribution in [3.8, 4) is 0 Å². The second kappa shape index (κ2) is 9.09. The topological polar surface area (TPSA) is 119 Å². The Hall–Kier alpha value is -2.82. The van der Waals surface area contributed by atoms with Crippen LogP contribution in [-0.4, -0.2) is 59.0 Å². The largest absolute Gasteiger partial charge is 0.439 e. The van der Waals surface area contributed by atoms with Crippen LogP contribution in [0.15, 0.2) is 48.1 Å². The Morgan fingerprint density at radius 1 is 1.22 bits per heavy atom. The first kappa shape index (κ1) is 28.3. The molecule has 0 aromatic heterocycles. The monoisotopic (exact) mass is 590 g/mol. The van der Waals surface area contributed by atoms with E-state index in [1.165, 1.54) is 26.0 Å². The SMILES string of the molecule is CC(OC(N)=O)C(=O)[C@@]12ON(c3ccc(Cl)cc3)C[C@@H]1C[C@H]1[C@@H]3C[C@H](F)C4=CC(=O)C=C[C@]4(C)[C@@]3(F)[C@@H](O)C[C@@]12C. The van der Waals surface area contributed by atoms with Crippen LogP contribution >= 0.6 is 11.6 Å². The summed E-state index contributed by atoms with van der Waals surface area (Å²) in [5.41, 5.74) is -0.725. The van der Waals surface area contributed by atoms with Crippen LogP contribution in [0.25, 0.3) is 0 Å². The predicted molar refractivity (Wildman–Crippen MR) is 145 cm³/mol. The number of primary amides is 1. The van der Waals surface area contributed by atoms with E-state index in [2.05, 4.69) is 0 Å². The molecular formula is C30H33ClF2N2O6. The molecule has 220 valence electrons. The van der Waals surface area contributed by atoms with E-state index in [9.17, 15) is 19.5 Å². The molecule has 1 amide bonds. The summed E-state index contributed by atoms with van der Waals surface area (Å²) in [4.78, 5) is 44.6. The van der Waals surface area contributed by atoms with E-state index in [1.807, 2.05) is 0 Å². The number of aliphatic hydroxyl groups is 1. The Bertz CT molecular complexity index is 1390. The predicted octanol–water partition coefficient (Wildman–Crippen LogP) is 4.43. The lowest BCUT2D eigenvalue weighted by atomic mass is 9.44. The number of hydroxylamine groups is 1. The van der Waals surface area contributed by atoms with Crippen LogP contribution in [0.1, 0.15) is 40.0 Å². The van der Waals surface area contributed by atoms with Gasteiger partial charge in [-0.05, 0) is 81.0 Å². The van der Waals surface area contributed by atoms with Crippen LogP contribution in [0.3, 0.4) is 0 Å². The lowest BCUT2D eigenvalue weighted by molar-refractivity contribution is -0.229. The van der Waals surface area contributed by atoms with Gasteiger partial charge >= 0.3 is 6.09 Å². The molecule has 1 aromatic rings. The van der Waals surface area contributed by atoms with Gasteiger partial charge in [0, 0.05) is 27.7 Å². The van der Waals surface area contributed by atoms with Gasteiger partial charge in [-0.2, -0.15) is 0 Å². The fourth-order valence-corrected chi connectivity index (χ4v) is 9.10. The molecule has 41 heavy (non-hydrogen) atoms. The first-order valence-electron chi connectivity index (χ1n) is 13.9. The van der Waals surface area contributed by atoms with Crippen LogP contribution in [0.2, 0.25) is 5.02 Å². The molecule has 0 radical (unpaired) electrons. The summed E-state index contributed by atoms with van der Waals surface area (Å²) in [7, 11) is 0. The molecule has 3 saturated carbocycles. The Labute approximate surface area is 241 Å². The van der Waals surface area contributed by atoms with E-state index in [4.69, 9.17) is 26.9 Å². The average molecular weight is 591 g/mol. The lowest BCUT2D eigenvalue weighted by Crippen LogP contribution is -2.71. The highest BCUT2D eigenvalue weighted by molar-refractivity contribution is 6.30. The number of ether oxygens (including phenoxy) is 1. The molecule has 5 aliphatic rings. The number of nitrogens with zero attached hydrogens (tertiary/aromatic N) is 1. The maximum absolute atomic E-state index is 17.6. The lowest BCUT2D eigenvalue weighted by Gasteiger charge is -2.63. The third-order valence-corrected chi connectivity index (χ3v) is 11.0. The number of rotatable bonds is 4. The van der Waals surface area contributed by atoms with Crippen LogP contribution in [0, 0.1) is 28.6 Å². The van der Waals surface area contributed by atoms with Crippen LogP contribution in [0.5, 0.6) is 0 Å². The van der Waals surface area contributed by atoms with Gasteiger partial charge in [-0.25, -0.2) is 13.6 Å². The fraction of sp³-hybridized carbons (Fsp3) is 0.567. The van der Waals surface area contributed by atoms with Crippen molar-refractivity contribution < 1.29 is 37.8 Å². The van der Waals surface area contributed by atoms with Crippen LogP contribution < -0.4 is 10.8 Å². The van der Waals surface area contributed by atoms with Gasteiger partial charge < -0.3 is 15.6 Å². The summed E-state index contributed by atoms with van der Waals surface area (Å²) in [6, 6.07) is 6.86. The fourth-order valence-electron chi connectivity index (χ4n) is 8.97. The van der Waals surface area contributed by atoms with Crippen molar-refractivity contribution in [3.63, 3.8) is 0 Å². The molecule has 1 heterocycles. The number of aliphatic hydroxyl groups excluding tert-OH is 1. The average Bonchev–Trinajstić information content (AvgIpc) is 3.40. The molecule has 4 aliphatic carbocycles. The van der Waals surface area contributed by atoms with E-state index in [0.29, 0.717) is 17.1 Å². The molecule has 1 unspecified atom stereocenters. The van der Waals surface area contributed by atoms with E-state index < -0.39 is 75.9 Å². The number of fused-ring (bicyclic) bond motifs is 7. The summed E-state index contributed by atoms with van der Waals surface area (Å²) in [5.74, 6) is -3.03. The van der Waals surface area contributed by atoms with Crippen molar-refractivity contribution in [3.05, 3.63) is 53.1 Å². The van der Waals surface area contributed by atoms with Gasteiger partial charge in [-0.1, -0.05) is 24.6 Å². The van der Waals surface area contributed by atoms with Crippen molar-refractivity contribution in [2.75, 3.05) is 11.6 Å². The van der Waals surface area contributed by atoms with Gasteiger partial charge in [0.1, 0.15) is 6.17 Å². The number of Topliss-reactive ketones (excluding diaryl/α,β-unsaturated/α-hetero) is 1. The molecule has 8 nitrogen and oxygen atoms in total. The third-order valence-electron chi connectivity index (χ3n) is 10.8. The number of hydrogen-bond donors (Lipinski definition) is 2. The van der Waals surface area contributed by atoms with E-state index in [-0.39, 0.29) is 25.0 Å². The number of carbonyl (C=O) groups excluding carboxylic acids is 3. The van der Waals surface area contributed by atoms with Gasteiger partial charge in [0.15, 0.2) is 23.2 Å². The minimum absolute atomic E-state index is 0.0315. The smallest absolute Gasteiger partial charge is 0.405 e. The number of alkyl halides is 2. The summed E-state index contributed by atoms with van der Waals surface area (Å²) in [6.07, 6.45) is -1.99. The molecule has 11 heteroatoms. The van der Waals surface area contributed by atoms with Gasteiger partial charge in [0.05, 0.1) is 18.3 Å². The molecule has 1 saturated heterocycles. The molecule has 3 N–H and O–H groups in total. The van der Waals surface area contributed by atoms with Gasteiger partial charge in [0.2, 0.25) is 5.78 Å². The van der Waals surface area contributed by atoms with Crippen LogP contribution in [0.4, 0.5) is 19.3 Å². The molecule has 10 atom stereocenters. The summed E-state index contributed by atoms with van der Waals surface area (Å²) in [5, 5.41) is 13.8. The third kappa shape index (κ3) is 3.59. The quantitative estimate of drug-likeness (QED) is 0.532. The van der Waals surface area contributed by atoms with Crippen molar-refractivity contribution >= 4 is 34.9 Å². The van der Waals surface area contributed by atoms with Crippen molar-refractivity contribution in [1.29, 1.82) is 0 Å². The van der Waals surface area contributed by atoms with Crippen molar-refractivity contribution in [2.24, 2.45) is 34.3 Å². The highest BCUT2D eigenvalue weighted by Crippen LogP contribution is 2.73. The maximum atomic E-state index is 17.6. The molecule has 4 fully saturated rings. The van der Waals surface area contributed by atoms with Crippen molar-refractivity contribution in [1.82, 2.24) is 0 Å². The standard InChI is InChI=1S/C30H33ClF2N2O6/c1-15(40-26(34)39)25(38)30-16(14-35(41-30)18-6-4-17(31)5-7-18)10-20-21-12-23(32)22-11-19(36)8-9-27(22,2)29(21,33)24(37)13-28(20,30)3/h4-9,11,15-16,20-21,23-24,37H,10,12-14H2,1-3H3,(H2,34,39)/t15?,16-,20-,21-,23-,24-,27-,28-,29-,30-/m0/s1. The molecule has 1 aromatic carbocycles. The minimum atomic E-state index is -2.29. The zero-order valence-corrected chi connectivity index (χ0v) is 23.7. The molecule has 6 rings (SSSR count). The highest BCUT2D eigenvalue weighted by atomic mass is 35.5. The summed E-state index contributed by atoms with van der Waals surface area (Å²) < 4.78 is 38.5. The second-order valence-electron chi connectivity index (χ2n) is 12.6. The number of anilines is 1. The minimum Gasteiger partial charge on any atom is -0.439 e. The Kier molecular flexibility index (Phi) is 6.27. The van der Waals surface area contributed by atoms with Gasteiger partial charge in [-0.15, -0.1) is 0 Å². The van der Waals surface area contributed by atoms with Gasteiger partial charge in [0.25, 0.3) is 0 Å². The number of hydrogen-bond acceptors (Lipinski definition) is 7. The molecule has 0 bridgehead atoms. The zero-order chi connectivity index (χ0) is 29.7. The Morgan fingerprint density at radius 2 is 1.90 bits per heavy atom. The number of nitrogens with two attached hydrogens (primary N) is 1. The number of allylic oxidation sites excluding steroid dienone is 4. The van der Waals surface area contributed by atoms with E-state index in [0.717, 1.165) is 6.08 Å². The van der Waals surface area contributed by atoms with Crippen molar-refractivity contribution in [2.45, 2.75) is 69.7 Å². The number of ketones is 2. The van der Waals surface area contributed by atoms with Gasteiger partial charge in [-0.3, -0.25) is 19.5 Å². The normalized spacial score (nSPS) is 43.4. The number of halogens is 3. The van der Waals surface area contributed by atoms with E-state index >= 15 is 8.78 Å². The second-order valence-corrected chi connectivity index (χ2v) is 13.0. The Morgan fingerprint density at radius 3 is 2.56 bits per heavy atom. The van der Waals surface area contributed by atoms with Crippen LogP contribution in [-0.2, 0) is 19.2 Å². The summed E-state index contributed by atoms with van der Waals surface area (Å²) >= 11 is 6.07. The van der Waals surface area contributed by atoms with E-state index in [1.54, 1.807) is 36.3 Å². The molecule has 0 spiro atoms. The number of carbonyl (C=O) groups is 3. The molecular weight excluding hydrogens is 558 g/mol. The first-order valence-corrected chi connectivity index (χ1v) is 14.3. The first-order chi connectivity index (χ1) is 19.2. The number of benzene rings is 1. The zero-order valence-electron chi connectivity index (χ0n) is 23.0.